The second-order valence-electron chi connectivity index (χ2n) is 5.83. The Morgan fingerprint density at radius 3 is 2.59 bits per heavy atom. The highest BCUT2D eigenvalue weighted by molar-refractivity contribution is 9.10. The van der Waals surface area contributed by atoms with Crippen molar-refractivity contribution in [1.29, 1.82) is 0 Å². The molecule has 0 spiro atoms. The quantitative estimate of drug-likeness (QED) is 0.774. The average Bonchev–Trinajstić information content (AvgIpc) is 2.55. The third kappa shape index (κ3) is 3.18. The van der Waals surface area contributed by atoms with Crippen molar-refractivity contribution in [1.82, 2.24) is 4.90 Å². The molecule has 0 aliphatic carbocycles. The van der Waals surface area contributed by atoms with Gasteiger partial charge in [-0.25, -0.2) is 0 Å². The van der Waals surface area contributed by atoms with E-state index in [2.05, 4.69) is 57.2 Å². The Morgan fingerprint density at radius 1 is 1.23 bits per heavy atom. The van der Waals surface area contributed by atoms with Crippen LogP contribution < -0.4 is 0 Å². The van der Waals surface area contributed by atoms with Gasteiger partial charge in [0.15, 0.2) is 0 Å². The van der Waals surface area contributed by atoms with Gasteiger partial charge < -0.3 is 4.74 Å². The van der Waals surface area contributed by atoms with Crippen molar-refractivity contribution in [3.05, 3.63) is 46.4 Å². The number of fused-ring (bicyclic) bond motifs is 1. The van der Waals surface area contributed by atoms with Crippen molar-refractivity contribution in [2.24, 2.45) is 5.92 Å². The first-order chi connectivity index (χ1) is 10.7. The van der Waals surface area contributed by atoms with Crippen molar-refractivity contribution in [2.45, 2.75) is 19.4 Å². The van der Waals surface area contributed by atoms with E-state index >= 15 is 0 Å². The Balaban J connectivity index is 1.74. The first-order valence-electron chi connectivity index (χ1n) is 7.65. The Morgan fingerprint density at radius 2 is 1.91 bits per heavy atom. The zero-order valence-corrected chi connectivity index (χ0v) is 14.3. The summed E-state index contributed by atoms with van der Waals surface area (Å²) >= 11 is 3.67. The van der Waals surface area contributed by atoms with E-state index in [4.69, 9.17) is 4.74 Å². The van der Waals surface area contributed by atoms with Gasteiger partial charge in [0.05, 0.1) is 13.0 Å². The van der Waals surface area contributed by atoms with Crippen LogP contribution in [0.15, 0.2) is 40.9 Å². The first kappa shape index (κ1) is 15.5. The van der Waals surface area contributed by atoms with Crippen molar-refractivity contribution in [3.63, 3.8) is 0 Å². The summed E-state index contributed by atoms with van der Waals surface area (Å²) in [6.45, 7) is 2.81. The van der Waals surface area contributed by atoms with E-state index in [9.17, 15) is 4.79 Å². The Labute approximate surface area is 139 Å². The standard InChI is InChI=1S/C18H20BrNO2/c1-22-18(21)14-8-10-20(11-9-14)12-15-6-2-4-13-5-3-7-16(19)17(13)15/h2-7,14H,8-12H2,1H3. The fourth-order valence-corrected chi connectivity index (χ4v) is 3.87. The highest BCUT2D eigenvalue weighted by atomic mass is 79.9. The molecule has 0 unspecified atom stereocenters. The maximum atomic E-state index is 11.6. The van der Waals surface area contributed by atoms with E-state index < -0.39 is 0 Å². The molecule has 116 valence electrons. The predicted octanol–water partition coefficient (Wildman–Crippen LogP) is 3.99. The minimum Gasteiger partial charge on any atom is -0.469 e. The zero-order valence-electron chi connectivity index (χ0n) is 12.7. The topological polar surface area (TPSA) is 29.5 Å². The molecule has 1 aliphatic rings. The summed E-state index contributed by atoms with van der Waals surface area (Å²) in [7, 11) is 1.47. The maximum absolute atomic E-state index is 11.6. The number of hydrogen-bond acceptors (Lipinski definition) is 3. The summed E-state index contributed by atoms with van der Waals surface area (Å²) in [6, 6.07) is 12.8. The van der Waals surface area contributed by atoms with E-state index in [1.165, 1.54) is 23.4 Å². The minimum absolute atomic E-state index is 0.0624. The maximum Gasteiger partial charge on any atom is 0.308 e. The molecule has 1 saturated heterocycles. The van der Waals surface area contributed by atoms with Crippen LogP contribution in [0.25, 0.3) is 10.8 Å². The Bertz CT molecular complexity index is 673. The molecule has 0 N–H and O–H groups in total. The molecule has 0 amide bonds. The summed E-state index contributed by atoms with van der Waals surface area (Å²) in [5, 5.41) is 2.55. The van der Waals surface area contributed by atoms with Crippen molar-refractivity contribution in [2.75, 3.05) is 20.2 Å². The molecule has 22 heavy (non-hydrogen) atoms. The number of methoxy groups -OCH3 is 1. The Hall–Kier alpha value is -1.39. The number of ether oxygens (including phenoxy) is 1. The number of halogens is 1. The monoisotopic (exact) mass is 361 g/mol. The van der Waals surface area contributed by atoms with Gasteiger partial charge in [-0.05, 0) is 42.9 Å². The number of nitrogens with zero attached hydrogens (tertiary/aromatic N) is 1. The van der Waals surface area contributed by atoms with E-state index in [0.29, 0.717) is 0 Å². The molecule has 2 aromatic rings. The lowest BCUT2D eigenvalue weighted by Crippen LogP contribution is -2.36. The minimum atomic E-state index is -0.0624. The molecule has 3 nitrogen and oxygen atoms in total. The summed E-state index contributed by atoms with van der Waals surface area (Å²) in [6.07, 6.45) is 1.78. The molecule has 0 bridgehead atoms. The number of carbonyl (C=O) groups excluding carboxylic acids is 1. The number of piperidine rings is 1. The molecule has 4 heteroatoms. The molecule has 0 atom stereocenters. The lowest BCUT2D eigenvalue weighted by Gasteiger charge is -2.31. The van der Waals surface area contributed by atoms with E-state index in [1.807, 2.05) is 0 Å². The fourth-order valence-electron chi connectivity index (χ4n) is 3.24. The van der Waals surface area contributed by atoms with Gasteiger partial charge in [-0.1, -0.05) is 46.3 Å². The van der Waals surface area contributed by atoms with Gasteiger partial charge in [0.1, 0.15) is 0 Å². The number of benzene rings is 2. The molecule has 0 saturated carbocycles. The molecule has 0 aromatic heterocycles. The highest BCUT2D eigenvalue weighted by Crippen LogP contribution is 2.29. The number of hydrogen-bond donors (Lipinski definition) is 0. The summed E-state index contributed by atoms with van der Waals surface area (Å²) in [5.41, 5.74) is 1.33. The molecular weight excluding hydrogens is 342 g/mol. The van der Waals surface area contributed by atoms with Crippen molar-refractivity contribution in [3.8, 4) is 0 Å². The molecule has 0 radical (unpaired) electrons. The number of esters is 1. The average molecular weight is 362 g/mol. The highest BCUT2D eigenvalue weighted by Gasteiger charge is 2.25. The number of likely N-dealkylation sites (tertiary alicyclic amines) is 1. The van der Waals surface area contributed by atoms with Gasteiger partial charge in [-0.2, -0.15) is 0 Å². The summed E-state index contributed by atoms with van der Waals surface area (Å²) < 4.78 is 6.00. The first-order valence-corrected chi connectivity index (χ1v) is 8.44. The molecule has 3 rings (SSSR count). The third-order valence-corrected chi connectivity index (χ3v) is 5.12. The van der Waals surface area contributed by atoms with Crippen LogP contribution in [0.4, 0.5) is 0 Å². The Kier molecular flexibility index (Phi) is 4.79. The predicted molar refractivity (Wildman–Crippen MR) is 91.7 cm³/mol. The van der Waals surface area contributed by atoms with Gasteiger partial charge in [-0.15, -0.1) is 0 Å². The summed E-state index contributed by atoms with van der Waals surface area (Å²) in [5.74, 6) is 0.00746. The van der Waals surface area contributed by atoms with E-state index in [1.54, 1.807) is 0 Å². The fraction of sp³-hybridized carbons (Fsp3) is 0.389. The van der Waals surface area contributed by atoms with Gasteiger partial charge in [-0.3, -0.25) is 9.69 Å². The smallest absolute Gasteiger partial charge is 0.308 e. The third-order valence-electron chi connectivity index (χ3n) is 4.46. The van der Waals surface area contributed by atoms with E-state index in [-0.39, 0.29) is 11.9 Å². The van der Waals surface area contributed by atoms with Crippen LogP contribution in [0.1, 0.15) is 18.4 Å². The van der Waals surface area contributed by atoms with Crippen LogP contribution in [-0.2, 0) is 16.1 Å². The largest absolute Gasteiger partial charge is 0.469 e. The van der Waals surface area contributed by atoms with Gasteiger partial charge >= 0.3 is 5.97 Å². The number of rotatable bonds is 3. The van der Waals surface area contributed by atoms with Crippen LogP contribution in [-0.4, -0.2) is 31.1 Å². The normalized spacial score (nSPS) is 16.8. The zero-order chi connectivity index (χ0) is 15.5. The van der Waals surface area contributed by atoms with Crippen molar-refractivity contribution >= 4 is 32.7 Å². The van der Waals surface area contributed by atoms with Gasteiger partial charge in [0, 0.05) is 16.4 Å². The number of carbonyl (C=O) groups is 1. The van der Waals surface area contributed by atoms with Crippen LogP contribution in [0, 0.1) is 5.92 Å². The van der Waals surface area contributed by atoms with Crippen LogP contribution in [0.5, 0.6) is 0 Å². The second-order valence-corrected chi connectivity index (χ2v) is 6.68. The van der Waals surface area contributed by atoms with Gasteiger partial charge in [0.2, 0.25) is 0 Å². The van der Waals surface area contributed by atoms with Crippen LogP contribution in [0.2, 0.25) is 0 Å². The lowest BCUT2D eigenvalue weighted by molar-refractivity contribution is -0.147. The lowest BCUT2D eigenvalue weighted by atomic mass is 9.96. The molecule has 2 aromatic carbocycles. The molecular formula is C18H20BrNO2. The van der Waals surface area contributed by atoms with Crippen LogP contribution in [0.3, 0.4) is 0 Å². The van der Waals surface area contributed by atoms with E-state index in [0.717, 1.165) is 36.9 Å². The molecule has 1 heterocycles. The second kappa shape index (κ2) is 6.80. The molecule has 1 fully saturated rings. The molecule has 1 aliphatic heterocycles. The van der Waals surface area contributed by atoms with Gasteiger partial charge in [0.25, 0.3) is 0 Å². The van der Waals surface area contributed by atoms with Crippen molar-refractivity contribution < 1.29 is 9.53 Å². The summed E-state index contributed by atoms with van der Waals surface area (Å²) in [4.78, 5) is 14.0. The van der Waals surface area contributed by atoms with Crippen LogP contribution >= 0.6 is 15.9 Å². The SMILES string of the molecule is COC(=O)C1CCN(Cc2cccc3cccc(Br)c23)CC1.